The van der Waals surface area contributed by atoms with Crippen LogP contribution in [0, 0.1) is 0 Å². The number of hydrogen-bond acceptors (Lipinski definition) is 4. The molecular weight excluding hydrogens is 322 g/mol. The van der Waals surface area contributed by atoms with Crippen molar-refractivity contribution in [3.8, 4) is 0 Å². The number of benzene rings is 1. The van der Waals surface area contributed by atoms with Gasteiger partial charge in [-0.1, -0.05) is 12.1 Å². The van der Waals surface area contributed by atoms with Crippen LogP contribution in [0.5, 0.6) is 0 Å². The highest BCUT2D eigenvalue weighted by atomic mass is 19.3. The highest BCUT2D eigenvalue weighted by Gasteiger charge is 2.31. The van der Waals surface area contributed by atoms with E-state index in [-0.39, 0.29) is 5.82 Å². The van der Waals surface area contributed by atoms with Crippen LogP contribution in [0.15, 0.2) is 24.3 Å². The topological polar surface area (TPSA) is 32.3 Å². The Kier molecular flexibility index (Phi) is 4.54. The van der Waals surface area contributed by atoms with Gasteiger partial charge in [0.2, 0.25) is 0 Å². The molecule has 3 heterocycles. The number of hydrogen-bond donors (Lipinski definition) is 0. The molecule has 0 bridgehead atoms. The quantitative estimate of drug-likeness (QED) is 0.840. The van der Waals surface area contributed by atoms with Crippen LogP contribution >= 0.6 is 0 Å². The van der Waals surface area contributed by atoms with Crippen molar-refractivity contribution in [2.75, 3.05) is 24.5 Å². The van der Waals surface area contributed by atoms with Gasteiger partial charge in [0.1, 0.15) is 5.82 Å². The highest BCUT2D eigenvalue weighted by molar-refractivity contribution is 5.89. The van der Waals surface area contributed by atoms with Crippen molar-refractivity contribution in [3.63, 3.8) is 0 Å². The van der Waals surface area contributed by atoms with Crippen molar-refractivity contribution in [1.29, 1.82) is 0 Å². The second-order valence-corrected chi connectivity index (χ2v) is 7.17. The minimum Gasteiger partial charge on any atom is -0.356 e. The van der Waals surface area contributed by atoms with E-state index in [1.165, 1.54) is 19.4 Å². The molecule has 0 amide bonds. The maximum Gasteiger partial charge on any atom is 0.297 e. The number of piperidine rings is 1. The summed E-state index contributed by atoms with van der Waals surface area (Å²) in [6, 6.07) is 8.73. The molecule has 2 aliphatic heterocycles. The summed E-state index contributed by atoms with van der Waals surface area (Å²) in [5.41, 5.74) is 0.595. The molecule has 134 valence electrons. The number of likely N-dealkylation sites (tertiary alicyclic amines) is 1. The molecular formula is C19H24F2N4. The number of para-hydroxylation sites is 1. The Morgan fingerprint density at radius 3 is 2.48 bits per heavy atom. The number of rotatable bonds is 3. The van der Waals surface area contributed by atoms with Crippen LogP contribution in [-0.2, 0) is 0 Å². The van der Waals surface area contributed by atoms with Crippen molar-refractivity contribution in [2.24, 2.45) is 0 Å². The van der Waals surface area contributed by atoms with Gasteiger partial charge in [-0.25, -0.2) is 18.7 Å². The molecule has 1 aromatic heterocycles. The van der Waals surface area contributed by atoms with Gasteiger partial charge in [0.05, 0.1) is 5.52 Å². The van der Waals surface area contributed by atoms with E-state index in [0.29, 0.717) is 23.4 Å². The first kappa shape index (κ1) is 16.6. The third-order valence-corrected chi connectivity index (χ3v) is 5.63. The Morgan fingerprint density at radius 2 is 1.80 bits per heavy atom. The van der Waals surface area contributed by atoms with Crippen molar-refractivity contribution in [3.05, 3.63) is 30.1 Å². The molecule has 1 unspecified atom stereocenters. The summed E-state index contributed by atoms with van der Waals surface area (Å²) in [4.78, 5) is 13.0. The van der Waals surface area contributed by atoms with Gasteiger partial charge in [0.25, 0.3) is 6.43 Å². The van der Waals surface area contributed by atoms with Crippen LogP contribution in [0.4, 0.5) is 14.6 Å². The lowest BCUT2D eigenvalue weighted by Crippen LogP contribution is -2.46. The third-order valence-electron chi connectivity index (χ3n) is 5.63. The molecule has 6 heteroatoms. The molecule has 1 atom stereocenters. The molecule has 2 aromatic rings. The Labute approximate surface area is 146 Å². The Hall–Kier alpha value is -1.82. The van der Waals surface area contributed by atoms with Crippen LogP contribution < -0.4 is 4.90 Å². The van der Waals surface area contributed by atoms with Crippen LogP contribution in [-0.4, -0.2) is 46.6 Å². The predicted molar refractivity (Wildman–Crippen MR) is 95.1 cm³/mol. The molecule has 25 heavy (non-hydrogen) atoms. The molecule has 2 saturated heterocycles. The van der Waals surface area contributed by atoms with Gasteiger partial charge in [-0.05, 0) is 51.3 Å². The van der Waals surface area contributed by atoms with Gasteiger partial charge in [-0.15, -0.1) is 0 Å². The molecule has 4 nitrogen and oxygen atoms in total. The van der Waals surface area contributed by atoms with Crippen LogP contribution in [0.3, 0.4) is 0 Å². The van der Waals surface area contributed by atoms with E-state index in [9.17, 15) is 8.78 Å². The zero-order valence-electron chi connectivity index (χ0n) is 14.5. The molecule has 0 aliphatic carbocycles. The van der Waals surface area contributed by atoms with Gasteiger partial charge in [-0.3, -0.25) is 4.90 Å². The van der Waals surface area contributed by atoms with E-state index in [1.807, 2.05) is 18.2 Å². The van der Waals surface area contributed by atoms with E-state index in [4.69, 9.17) is 0 Å². The molecule has 0 radical (unpaired) electrons. The normalized spacial score (nSPS) is 23.0. The monoisotopic (exact) mass is 346 g/mol. The van der Waals surface area contributed by atoms with Crippen molar-refractivity contribution in [2.45, 2.75) is 51.1 Å². The van der Waals surface area contributed by atoms with E-state index >= 15 is 0 Å². The molecule has 4 rings (SSSR count). The first-order valence-electron chi connectivity index (χ1n) is 9.19. The summed E-state index contributed by atoms with van der Waals surface area (Å²) >= 11 is 0. The first-order chi connectivity index (χ1) is 12.1. The Bertz CT molecular complexity index is 743. The Morgan fingerprint density at radius 1 is 1.04 bits per heavy atom. The average molecular weight is 346 g/mol. The number of alkyl halides is 2. The fraction of sp³-hybridized carbons (Fsp3) is 0.579. The third kappa shape index (κ3) is 3.19. The first-order valence-corrected chi connectivity index (χ1v) is 9.19. The summed E-state index contributed by atoms with van der Waals surface area (Å²) in [5.74, 6) is 0.290. The highest BCUT2D eigenvalue weighted by Crippen LogP contribution is 2.31. The number of aromatic nitrogens is 2. The second-order valence-electron chi connectivity index (χ2n) is 7.17. The summed E-state index contributed by atoms with van der Waals surface area (Å²) in [5, 5.41) is 0.861. The summed E-state index contributed by atoms with van der Waals surface area (Å²) in [6.45, 7) is 5.22. The predicted octanol–water partition coefficient (Wildman–Crippen LogP) is 4.02. The molecule has 1 aromatic carbocycles. The molecule has 0 N–H and O–H groups in total. The van der Waals surface area contributed by atoms with Crippen LogP contribution in [0.25, 0.3) is 10.9 Å². The summed E-state index contributed by atoms with van der Waals surface area (Å²) in [6.07, 6.45) is 2.05. The Balaban J connectivity index is 1.58. The number of anilines is 1. The molecule has 2 fully saturated rings. The molecule has 0 saturated carbocycles. The van der Waals surface area contributed by atoms with Crippen molar-refractivity contribution < 1.29 is 8.78 Å². The minimum absolute atomic E-state index is 0.371. The number of halogens is 2. The van der Waals surface area contributed by atoms with E-state index < -0.39 is 6.43 Å². The minimum atomic E-state index is -2.65. The maximum absolute atomic E-state index is 13.2. The van der Waals surface area contributed by atoms with Gasteiger partial charge < -0.3 is 4.90 Å². The zero-order valence-corrected chi connectivity index (χ0v) is 14.5. The smallest absolute Gasteiger partial charge is 0.297 e. The van der Waals surface area contributed by atoms with Gasteiger partial charge in [-0.2, -0.15) is 0 Å². The summed E-state index contributed by atoms with van der Waals surface area (Å²) < 4.78 is 26.4. The second kappa shape index (κ2) is 6.83. The van der Waals surface area contributed by atoms with Crippen molar-refractivity contribution in [1.82, 2.24) is 14.9 Å². The van der Waals surface area contributed by atoms with E-state index in [2.05, 4.69) is 26.7 Å². The molecule has 0 spiro atoms. The number of nitrogens with zero attached hydrogens (tertiary/aromatic N) is 4. The van der Waals surface area contributed by atoms with E-state index in [0.717, 1.165) is 31.3 Å². The lowest BCUT2D eigenvalue weighted by Gasteiger charge is -2.39. The largest absolute Gasteiger partial charge is 0.356 e. The maximum atomic E-state index is 13.2. The lowest BCUT2D eigenvalue weighted by molar-refractivity contribution is 0.140. The lowest BCUT2D eigenvalue weighted by atomic mass is 10.0. The summed E-state index contributed by atoms with van der Waals surface area (Å²) in [7, 11) is 0. The van der Waals surface area contributed by atoms with Gasteiger partial charge in [0.15, 0.2) is 5.82 Å². The number of fused-ring (bicyclic) bond motifs is 1. The van der Waals surface area contributed by atoms with Crippen LogP contribution in [0.1, 0.15) is 44.9 Å². The fourth-order valence-electron chi connectivity index (χ4n) is 4.32. The fourth-order valence-corrected chi connectivity index (χ4v) is 4.32. The van der Waals surface area contributed by atoms with Gasteiger partial charge in [0, 0.05) is 30.6 Å². The van der Waals surface area contributed by atoms with E-state index in [1.54, 1.807) is 6.07 Å². The van der Waals surface area contributed by atoms with Crippen molar-refractivity contribution >= 4 is 16.7 Å². The molecule has 2 aliphatic rings. The standard InChI is InChI=1S/C19H24F2N4/c1-13-5-4-10-25(13)14-8-11-24(12-9-14)19-15-6-2-3-7-16(15)22-18(23-19)17(20)21/h2-3,6-7,13-14,17H,4-5,8-12H2,1H3. The van der Waals surface area contributed by atoms with Crippen LogP contribution in [0.2, 0.25) is 0 Å². The average Bonchev–Trinajstić information content (AvgIpc) is 3.07. The van der Waals surface area contributed by atoms with Gasteiger partial charge >= 0.3 is 0 Å². The SMILES string of the molecule is CC1CCCN1C1CCN(c2nc(C(F)F)nc3ccccc23)CC1. The zero-order chi connectivity index (χ0) is 17.4.